The average Bonchev–Trinajstić information content (AvgIpc) is 2.48. The zero-order valence-electron chi connectivity index (χ0n) is 11.4. The van der Waals surface area contributed by atoms with E-state index < -0.39 is 28.6 Å². The fraction of sp³-hybridized carbons (Fsp3) is 0.0667. The van der Waals surface area contributed by atoms with Crippen LogP contribution in [-0.4, -0.2) is 22.6 Å². The maximum Gasteiger partial charge on any atom is 0.333 e. The van der Waals surface area contributed by atoms with Gasteiger partial charge in [-0.05, 0) is 24.3 Å². The Morgan fingerprint density at radius 2 is 1.96 bits per heavy atom. The molecule has 2 aromatic rings. The van der Waals surface area contributed by atoms with E-state index in [0.717, 1.165) is 18.2 Å². The van der Waals surface area contributed by atoms with Crippen molar-refractivity contribution in [1.29, 1.82) is 0 Å². The molecule has 1 aliphatic rings. The largest absolute Gasteiger partial charge is 0.478 e. The third kappa shape index (κ3) is 2.75. The second kappa shape index (κ2) is 5.58. The van der Waals surface area contributed by atoms with Gasteiger partial charge in [-0.2, -0.15) is 0 Å². The van der Waals surface area contributed by atoms with Gasteiger partial charge in [0.05, 0.1) is 17.8 Å². The van der Waals surface area contributed by atoms with Crippen molar-refractivity contribution in [3.63, 3.8) is 0 Å². The Bertz CT molecular complexity index is 855. The van der Waals surface area contributed by atoms with Crippen LogP contribution in [0.5, 0.6) is 0 Å². The minimum absolute atomic E-state index is 0.0883. The number of aromatic nitrogens is 1. The van der Waals surface area contributed by atoms with Crippen LogP contribution in [0.15, 0.2) is 29.8 Å². The van der Waals surface area contributed by atoms with Crippen LogP contribution < -0.4 is 4.90 Å². The summed E-state index contributed by atoms with van der Waals surface area (Å²) >= 11 is 5.66. The van der Waals surface area contributed by atoms with E-state index in [2.05, 4.69) is 4.98 Å². The lowest BCUT2D eigenvalue weighted by Crippen LogP contribution is -2.28. The van der Waals surface area contributed by atoms with E-state index in [0.29, 0.717) is 6.07 Å². The fourth-order valence-corrected chi connectivity index (χ4v) is 2.44. The molecule has 1 aromatic carbocycles. The number of carbonyl (C=O) groups is 1. The molecule has 0 aliphatic carbocycles. The van der Waals surface area contributed by atoms with Gasteiger partial charge in [-0.3, -0.25) is 0 Å². The molecular weight excluding hydrogens is 333 g/mol. The van der Waals surface area contributed by atoms with Crippen molar-refractivity contribution in [3.05, 3.63) is 58.0 Å². The number of halogens is 4. The maximum atomic E-state index is 14.1. The van der Waals surface area contributed by atoms with Gasteiger partial charge in [-0.25, -0.2) is 22.9 Å². The van der Waals surface area contributed by atoms with E-state index in [-0.39, 0.29) is 29.2 Å². The molecule has 2 heterocycles. The first-order chi connectivity index (χ1) is 10.9. The molecular formula is C15H8ClF3N2O2. The Kier molecular flexibility index (Phi) is 3.73. The van der Waals surface area contributed by atoms with E-state index in [1.54, 1.807) is 0 Å². The number of carboxylic acid groups (broad SMARTS) is 1. The number of carboxylic acids is 1. The molecule has 3 rings (SSSR count). The van der Waals surface area contributed by atoms with Gasteiger partial charge in [-0.1, -0.05) is 11.6 Å². The first kappa shape index (κ1) is 15.4. The average molecular weight is 341 g/mol. The molecule has 0 atom stereocenters. The van der Waals surface area contributed by atoms with Gasteiger partial charge in [0.15, 0.2) is 11.0 Å². The predicted molar refractivity (Wildman–Crippen MR) is 78.2 cm³/mol. The minimum Gasteiger partial charge on any atom is -0.478 e. The number of fused-ring (bicyclic) bond motifs is 1. The van der Waals surface area contributed by atoms with E-state index in [1.807, 2.05) is 0 Å². The zero-order chi connectivity index (χ0) is 16.7. The summed E-state index contributed by atoms with van der Waals surface area (Å²) < 4.78 is 40.7. The Hall–Kier alpha value is -2.54. The lowest BCUT2D eigenvalue weighted by atomic mass is 10.0. The first-order valence-corrected chi connectivity index (χ1v) is 6.77. The highest BCUT2D eigenvalue weighted by Crippen LogP contribution is 2.36. The SMILES string of the molecule is O=C(O)C1=Cc2cc(F)c(Cl)nc2N(c2ccc(F)cc2F)C1. The molecule has 0 amide bonds. The number of benzene rings is 1. The smallest absolute Gasteiger partial charge is 0.333 e. The third-order valence-electron chi connectivity index (χ3n) is 3.33. The number of aliphatic carboxylic acids is 1. The van der Waals surface area contributed by atoms with Crippen molar-refractivity contribution in [2.45, 2.75) is 0 Å². The molecule has 8 heteroatoms. The van der Waals surface area contributed by atoms with Crippen LogP contribution in [0.2, 0.25) is 5.15 Å². The standard InChI is InChI=1S/C15H8ClF3N2O2/c16-13-11(19)4-7-3-8(15(22)23)6-21(14(7)20-13)12-2-1-9(17)5-10(12)18/h1-5H,6H2,(H,22,23). The van der Waals surface area contributed by atoms with Crippen LogP contribution >= 0.6 is 11.6 Å². The highest BCUT2D eigenvalue weighted by Gasteiger charge is 2.27. The first-order valence-electron chi connectivity index (χ1n) is 6.39. The molecule has 1 N–H and O–H groups in total. The molecule has 1 aliphatic heterocycles. The van der Waals surface area contributed by atoms with Crippen LogP contribution in [0.4, 0.5) is 24.7 Å². The summed E-state index contributed by atoms with van der Waals surface area (Å²) in [5.41, 5.74) is -0.0429. The second-order valence-electron chi connectivity index (χ2n) is 4.83. The van der Waals surface area contributed by atoms with Crippen molar-refractivity contribution in [2.75, 3.05) is 11.4 Å². The minimum atomic E-state index is -1.24. The number of nitrogens with zero attached hydrogens (tertiary/aromatic N) is 2. The van der Waals surface area contributed by atoms with Crippen molar-refractivity contribution >= 4 is 35.2 Å². The topological polar surface area (TPSA) is 53.4 Å². The van der Waals surface area contributed by atoms with Crippen LogP contribution in [-0.2, 0) is 4.79 Å². The fourth-order valence-electron chi connectivity index (χ4n) is 2.30. The summed E-state index contributed by atoms with van der Waals surface area (Å²) in [6, 6.07) is 3.86. The number of pyridine rings is 1. The summed E-state index contributed by atoms with van der Waals surface area (Å²) in [6.07, 6.45) is 1.24. The quantitative estimate of drug-likeness (QED) is 0.845. The van der Waals surface area contributed by atoms with Gasteiger partial charge in [0.2, 0.25) is 0 Å². The van der Waals surface area contributed by atoms with E-state index >= 15 is 0 Å². The molecule has 0 saturated heterocycles. The van der Waals surface area contributed by atoms with E-state index in [4.69, 9.17) is 11.6 Å². The second-order valence-corrected chi connectivity index (χ2v) is 5.19. The molecule has 0 saturated carbocycles. The summed E-state index contributed by atoms with van der Waals surface area (Å²) in [5, 5.41) is 8.75. The van der Waals surface area contributed by atoms with E-state index in [1.165, 1.54) is 11.0 Å². The normalized spacial score (nSPS) is 13.6. The van der Waals surface area contributed by atoms with Crippen molar-refractivity contribution in [1.82, 2.24) is 4.98 Å². The summed E-state index contributed by atoms with van der Waals surface area (Å²) in [5.74, 6) is -3.65. The third-order valence-corrected chi connectivity index (χ3v) is 3.60. The Morgan fingerprint density at radius 3 is 2.61 bits per heavy atom. The Labute approximate surface area is 133 Å². The van der Waals surface area contributed by atoms with Crippen LogP contribution in [0, 0.1) is 17.5 Å². The summed E-state index contributed by atoms with van der Waals surface area (Å²) in [6.45, 7) is -0.222. The molecule has 0 spiro atoms. The van der Waals surface area contributed by atoms with Crippen LogP contribution in [0.25, 0.3) is 6.08 Å². The lowest BCUT2D eigenvalue weighted by Gasteiger charge is -2.29. The Morgan fingerprint density at radius 1 is 1.22 bits per heavy atom. The molecule has 0 fully saturated rings. The zero-order valence-corrected chi connectivity index (χ0v) is 12.1. The van der Waals surface area contributed by atoms with Crippen molar-refractivity contribution in [2.24, 2.45) is 0 Å². The summed E-state index contributed by atoms with van der Waals surface area (Å²) in [4.78, 5) is 16.3. The van der Waals surface area contributed by atoms with Gasteiger partial charge in [0.1, 0.15) is 17.5 Å². The highest BCUT2D eigenvalue weighted by atomic mass is 35.5. The van der Waals surface area contributed by atoms with Gasteiger partial charge >= 0.3 is 5.97 Å². The number of rotatable bonds is 2. The van der Waals surface area contributed by atoms with Crippen LogP contribution in [0.1, 0.15) is 5.56 Å². The summed E-state index contributed by atoms with van der Waals surface area (Å²) in [7, 11) is 0. The molecule has 1 aromatic heterocycles. The molecule has 118 valence electrons. The Balaban J connectivity index is 2.21. The molecule has 0 unspecified atom stereocenters. The number of anilines is 2. The maximum absolute atomic E-state index is 14.1. The lowest BCUT2D eigenvalue weighted by molar-refractivity contribution is -0.132. The monoisotopic (exact) mass is 340 g/mol. The van der Waals surface area contributed by atoms with Crippen molar-refractivity contribution < 1.29 is 23.1 Å². The number of hydrogen-bond donors (Lipinski definition) is 1. The van der Waals surface area contributed by atoms with E-state index in [9.17, 15) is 23.1 Å². The predicted octanol–water partition coefficient (Wildman–Crippen LogP) is 3.77. The van der Waals surface area contributed by atoms with Crippen LogP contribution in [0.3, 0.4) is 0 Å². The molecule has 0 radical (unpaired) electrons. The number of hydrogen-bond acceptors (Lipinski definition) is 3. The van der Waals surface area contributed by atoms with Gasteiger partial charge < -0.3 is 10.0 Å². The van der Waals surface area contributed by atoms with Gasteiger partial charge in [0, 0.05) is 11.6 Å². The molecule has 4 nitrogen and oxygen atoms in total. The van der Waals surface area contributed by atoms with Gasteiger partial charge in [0.25, 0.3) is 0 Å². The van der Waals surface area contributed by atoms with Crippen molar-refractivity contribution in [3.8, 4) is 0 Å². The molecule has 0 bridgehead atoms. The molecule has 23 heavy (non-hydrogen) atoms. The highest BCUT2D eigenvalue weighted by molar-refractivity contribution is 6.29. The van der Waals surface area contributed by atoms with Gasteiger partial charge in [-0.15, -0.1) is 0 Å².